The smallest absolute Gasteiger partial charge is 0.129 e. The third kappa shape index (κ3) is 3.66. The Bertz CT molecular complexity index is 350. The number of rotatable bonds is 4. The van der Waals surface area contributed by atoms with Crippen LogP contribution in [0, 0.1) is 0 Å². The minimum Gasteiger partial charge on any atom is -0.315 e. The van der Waals surface area contributed by atoms with Gasteiger partial charge in [-0.25, -0.2) is 4.98 Å². The van der Waals surface area contributed by atoms with Gasteiger partial charge in [0.2, 0.25) is 0 Å². The summed E-state index contributed by atoms with van der Waals surface area (Å²) >= 11 is 5.92. The van der Waals surface area contributed by atoms with Gasteiger partial charge in [-0.05, 0) is 38.1 Å². The van der Waals surface area contributed by atoms with Crippen molar-refractivity contribution in [2.24, 2.45) is 0 Å². The molecular formula is C13H20ClN3. The van der Waals surface area contributed by atoms with Gasteiger partial charge in [0.1, 0.15) is 5.15 Å². The summed E-state index contributed by atoms with van der Waals surface area (Å²) in [6, 6.07) is 6.47. The SMILES string of the molecule is CCN(Cc1cccc(Cl)n1)C1CCCNC1. The number of hydrogen-bond acceptors (Lipinski definition) is 3. The van der Waals surface area contributed by atoms with Crippen LogP contribution in [0.25, 0.3) is 0 Å². The van der Waals surface area contributed by atoms with Gasteiger partial charge in [-0.2, -0.15) is 0 Å². The van der Waals surface area contributed by atoms with Crippen LogP contribution in [0.5, 0.6) is 0 Å². The largest absolute Gasteiger partial charge is 0.315 e. The second-order valence-corrected chi connectivity index (χ2v) is 4.90. The monoisotopic (exact) mass is 253 g/mol. The topological polar surface area (TPSA) is 28.2 Å². The summed E-state index contributed by atoms with van der Waals surface area (Å²) < 4.78 is 0. The molecule has 3 nitrogen and oxygen atoms in total. The first kappa shape index (κ1) is 12.8. The van der Waals surface area contributed by atoms with E-state index in [1.165, 1.54) is 12.8 Å². The first-order chi connectivity index (χ1) is 8.29. The molecule has 0 aliphatic carbocycles. The molecule has 1 aliphatic rings. The summed E-state index contributed by atoms with van der Waals surface area (Å²) in [5.74, 6) is 0. The van der Waals surface area contributed by atoms with E-state index in [9.17, 15) is 0 Å². The number of likely N-dealkylation sites (N-methyl/N-ethyl adjacent to an activating group) is 1. The van der Waals surface area contributed by atoms with E-state index in [0.717, 1.165) is 31.9 Å². The van der Waals surface area contributed by atoms with Crippen molar-refractivity contribution in [1.29, 1.82) is 0 Å². The lowest BCUT2D eigenvalue weighted by atomic mass is 10.1. The van der Waals surface area contributed by atoms with Gasteiger partial charge >= 0.3 is 0 Å². The molecular weight excluding hydrogens is 234 g/mol. The Balaban J connectivity index is 1.98. The molecule has 1 aromatic heterocycles. The number of pyridine rings is 1. The molecule has 1 saturated heterocycles. The Hall–Kier alpha value is -0.640. The van der Waals surface area contributed by atoms with Crippen molar-refractivity contribution in [2.45, 2.75) is 32.4 Å². The fourth-order valence-electron chi connectivity index (χ4n) is 2.39. The lowest BCUT2D eigenvalue weighted by Crippen LogP contribution is -2.45. The quantitative estimate of drug-likeness (QED) is 0.835. The molecule has 0 spiro atoms. The molecule has 2 heterocycles. The van der Waals surface area contributed by atoms with E-state index < -0.39 is 0 Å². The van der Waals surface area contributed by atoms with Crippen molar-refractivity contribution < 1.29 is 0 Å². The Morgan fingerprint density at radius 3 is 3.06 bits per heavy atom. The van der Waals surface area contributed by atoms with Crippen LogP contribution in [0.3, 0.4) is 0 Å². The molecule has 94 valence electrons. The van der Waals surface area contributed by atoms with Crippen LogP contribution in [0.2, 0.25) is 5.15 Å². The zero-order valence-electron chi connectivity index (χ0n) is 10.3. The summed E-state index contributed by atoms with van der Waals surface area (Å²) in [5, 5.41) is 4.04. The molecule has 17 heavy (non-hydrogen) atoms. The average molecular weight is 254 g/mol. The van der Waals surface area contributed by atoms with Gasteiger partial charge in [0.15, 0.2) is 0 Å². The maximum Gasteiger partial charge on any atom is 0.129 e. The number of nitrogens with one attached hydrogen (secondary N) is 1. The first-order valence-corrected chi connectivity index (χ1v) is 6.73. The van der Waals surface area contributed by atoms with Gasteiger partial charge in [0, 0.05) is 19.1 Å². The molecule has 0 aromatic carbocycles. The molecule has 1 atom stereocenters. The van der Waals surface area contributed by atoms with Crippen LogP contribution in [0.15, 0.2) is 18.2 Å². The summed E-state index contributed by atoms with van der Waals surface area (Å²) in [6.07, 6.45) is 2.55. The highest BCUT2D eigenvalue weighted by Gasteiger charge is 2.19. The van der Waals surface area contributed by atoms with E-state index >= 15 is 0 Å². The highest BCUT2D eigenvalue weighted by Crippen LogP contribution is 2.14. The van der Waals surface area contributed by atoms with E-state index in [4.69, 9.17) is 11.6 Å². The summed E-state index contributed by atoms with van der Waals surface area (Å²) in [4.78, 5) is 6.84. The van der Waals surface area contributed by atoms with E-state index in [1.807, 2.05) is 18.2 Å². The minimum absolute atomic E-state index is 0.584. The van der Waals surface area contributed by atoms with Crippen molar-refractivity contribution in [1.82, 2.24) is 15.2 Å². The minimum atomic E-state index is 0.584. The van der Waals surface area contributed by atoms with E-state index in [-0.39, 0.29) is 0 Å². The van der Waals surface area contributed by atoms with Crippen molar-refractivity contribution in [3.05, 3.63) is 29.0 Å². The Kier molecular flexibility index (Phi) is 4.77. The number of piperidine rings is 1. The maximum absolute atomic E-state index is 5.92. The normalized spacial score (nSPS) is 20.8. The van der Waals surface area contributed by atoms with Crippen LogP contribution < -0.4 is 5.32 Å². The van der Waals surface area contributed by atoms with Gasteiger partial charge in [-0.15, -0.1) is 0 Å². The van der Waals surface area contributed by atoms with E-state index in [2.05, 4.69) is 22.1 Å². The third-order valence-corrected chi connectivity index (χ3v) is 3.54. The highest BCUT2D eigenvalue weighted by atomic mass is 35.5. The van der Waals surface area contributed by atoms with Gasteiger partial charge in [-0.3, -0.25) is 4.90 Å². The number of hydrogen-bond donors (Lipinski definition) is 1. The van der Waals surface area contributed by atoms with Gasteiger partial charge in [-0.1, -0.05) is 24.6 Å². The molecule has 1 fully saturated rings. The molecule has 0 radical (unpaired) electrons. The molecule has 0 bridgehead atoms. The molecule has 1 unspecified atom stereocenters. The van der Waals surface area contributed by atoms with Crippen LogP contribution >= 0.6 is 11.6 Å². The van der Waals surface area contributed by atoms with Crippen molar-refractivity contribution in [3.63, 3.8) is 0 Å². The number of nitrogens with zero attached hydrogens (tertiary/aromatic N) is 2. The summed E-state index contributed by atoms with van der Waals surface area (Å²) in [6.45, 7) is 6.40. The van der Waals surface area contributed by atoms with E-state index in [0.29, 0.717) is 11.2 Å². The standard InChI is InChI=1S/C13H20ClN3/c1-2-17(12-6-4-8-15-9-12)10-11-5-3-7-13(14)16-11/h3,5,7,12,15H,2,4,6,8-10H2,1H3. The van der Waals surface area contributed by atoms with E-state index in [1.54, 1.807) is 0 Å². The second kappa shape index (κ2) is 6.34. The molecule has 4 heteroatoms. The van der Waals surface area contributed by atoms with Gasteiger partial charge in [0.25, 0.3) is 0 Å². The maximum atomic E-state index is 5.92. The first-order valence-electron chi connectivity index (χ1n) is 6.36. The predicted octanol–water partition coefficient (Wildman–Crippen LogP) is 2.31. The van der Waals surface area contributed by atoms with Crippen molar-refractivity contribution in [3.8, 4) is 0 Å². The van der Waals surface area contributed by atoms with Crippen LogP contribution in [0.1, 0.15) is 25.5 Å². The molecule has 1 aliphatic heterocycles. The fraction of sp³-hybridized carbons (Fsp3) is 0.615. The zero-order valence-corrected chi connectivity index (χ0v) is 11.1. The molecule has 2 rings (SSSR count). The summed E-state index contributed by atoms with van der Waals surface area (Å²) in [5.41, 5.74) is 1.06. The molecule has 1 aromatic rings. The molecule has 1 N–H and O–H groups in total. The predicted molar refractivity (Wildman–Crippen MR) is 71.2 cm³/mol. The number of aromatic nitrogens is 1. The van der Waals surface area contributed by atoms with Crippen LogP contribution in [0.4, 0.5) is 0 Å². The second-order valence-electron chi connectivity index (χ2n) is 4.51. The lowest BCUT2D eigenvalue weighted by Gasteiger charge is -2.33. The molecule has 0 saturated carbocycles. The average Bonchev–Trinajstić information content (AvgIpc) is 2.37. The van der Waals surface area contributed by atoms with Crippen LogP contribution in [-0.4, -0.2) is 35.6 Å². The van der Waals surface area contributed by atoms with Gasteiger partial charge < -0.3 is 5.32 Å². The Morgan fingerprint density at radius 1 is 1.53 bits per heavy atom. The zero-order chi connectivity index (χ0) is 12.1. The lowest BCUT2D eigenvalue weighted by molar-refractivity contribution is 0.164. The highest BCUT2D eigenvalue weighted by molar-refractivity contribution is 6.29. The Labute approximate surface area is 108 Å². The van der Waals surface area contributed by atoms with Crippen molar-refractivity contribution in [2.75, 3.05) is 19.6 Å². The fourth-order valence-corrected chi connectivity index (χ4v) is 2.57. The molecule has 0 amide bonds. The van der Waals surface area contributed by atoms with Gasteiger partial charge in [0.05, 0.1) is 5.69 Å². The summed E-state index contributed by atoms with van der Waals surface area (Å²) in [7, 11) is 0. The van der Waals surface area contributed by atoms with Crippen LogP contribution in [-0.2, 0) is 6.54 Å². The Morgan fingerprint density at radius 2 is 2.41 bits per heavy atom. The number of halogens is 1. The van der Waals surface area contributed by atoms with Crippen molar-refractivity contribution >= 4 is 11.6 Å². The third-order valence-electron chi connectivity index (χ3n) is 3.33.